The predicted octanol–water partition coefficient (Wildman–Crippen LogP) is 2.60. The molecule has 1 N–H and O–H groups in total. The van der Waals surface area contributed by atoms with E-state index in [0.717, 1.165) is 13.0 Å². The van der Waals surface area contributed by atoms with Crippen molar-refractivity contribution in [2.75, 3.05) is 13.1 Å². The van der Waals surface area contributed by atoms with Crippen LogP contribution in [0.3, 0.4) is 0 Å². The van der Waals surface area contributed by atoms with Crippen LogP contribution >= 0.6 is 0 Å². The summed E-state index contributed by atoms with van der Waals surface area (Å²) in [5, 5.41) is 3.28. The second-order valence-electron chi connectivity index (χ2n) is 5.82. The lowest BCUT2D eigenvalue weighted by Gasteiger charge is -2.22. The van der Waals surface area contributed by atoms with Gasteiger partial charge in [-0.15, -0.1) is 0 Å². The summed E-state index contributed by atoms with van der Waals surface area (Å²) in [6.45, 7) is 13.6. The van der Waals surface area contributed by atoms with Crippen LogP contribution in [0.1, 0.15) is 48.0 Å². The highest BCUT2D eigenvalue weighted by Gasteiger charge is 2.21. The van der Waals surface area contributed by atoms with Gasteiger partial charge in [0.1, 0.15) is 5.60 Å². The maximum Gasteiger partial charge on any atom is 0.310 e. The van der Waals surface area contributed by atoms with E-state index in [1.54, 1.807) is 0 Å². The van der Waals surface area contributed by atoms with Crippen LogP contribution in [-0.4, -0.2) is 24.7 Å². The number of nitrogens with one attached hydrogen (secondary N) is 1. The third-order valence-electron chi connectivity index (χ3n) is 2.16. The van der Waals surface area contributed by atoms with E-state index in [1.807, 2.05) is 27.7 Å². The number of carbonyl (C=O) groups excluding carboxylic acids is 1. The van der Waals surface area contributed by atoms with E-state index in [1.165, 1.54) is 0 Å². The molecule has 0 aromatic carbocycles. The molecule has 0 aliphatic carbocycles. The van der Waals surface area contributed by atoms with Crippen molar-refractivity contribution in [1.29, 1.82) is 0 Å². The van der Waals surface area contributed by atoms with E-state index in [0.29, 0.717) is 12.5 Å². The molecule has 0 aliphatic heterocycles. The van der Waals surface area contributed by atoms with Crippen molar-refractivity contribution < 1.29 is 9.53 Å². The third kappa shape index (κ3) is 8.72. The molecule has 16 heavy (non-hydrogen) atoms. The summed E-state index contributed by atoms with van der Waals surface area (Å²) < 4.78 is 5.30. The zero-order valence-electron chi connectivity index (χ0n) is 11.6. The van der Waals surface area contributed by atoms with E-state index in [4.69, 9.17) is 4.74 Å². The summed E-state index contributed by atoms with van der Waals surface area (Å²) in [6, 6.07) is 0. The van der Waals surface area contributed by atoms with Crippen molar-refractivity contribution in [1.82, 2.24) is 5.32 Å². The van der Waals surface area contributed by atoms with E-state index in [9.17, 15) is 4.79 Å². The number of esters is 1. The molecule has 0 saturated heterocycles. The molecule has 0 radical (unpaired) electrons. The molecule has 0 heterocycles. The van der Waals surface area contributed by atoms with Crippen LogP contribution in [0.2, 0.25) is 0 Å². The first kappa shape index (κ1) is 15.4. The summed E-state index contributed by atoms with van der Waals surface area (Å²) in [5.74, 6) is 0.500. The first-order valence-electron chi connectivity index (χ1n) is 6.16. The van der Waals surface area contributed by atoms with Gasteiger partial charge in [-0.05, 0) is 39.7 Å². The van der Waals surface area contributed by atoms with Gasteiger partial charge < -0.3 is 10.1 Å². The second-order valence-corrected chi connectivity index (χ2v) is 5.82. The minimum absolute atomic E-state index is 0.0774. The zero-order chi connectivity index (χ0) is 12.8. The number of hydrogen-bond acceptors (Lipinski definition) is 3. The first-order valence-corrected chi connectivity index (χ1v) is 6.16. The van der Waals surface area contributed by atoms with Gasteiger partial charge >= 0.3 is 5.97 Å². The highest BCUT2D eigenvalue weighted by Crippen LogP contribution is 2.10. The van der Waals surface area contributed by atoms with Crippen LogP contribution in [0.25, 0.3) is 0 Å². The van der Waals surface area contributed by atoms with Crippen LogP contribution in [0.4, 0.5) is 0 Å². The highest BCUT2D eigenvalue weighted by atomic mass is 16.6. The minimum Gasteiger partial charge on any atom is -0.460 e. The molecule has 0 bridgehead atoms. The molecule has 0 saturated carbocycles. The zero-order valence-corrected chi connectivity index (χ0v) is 11.6. The predicted molar refractivity (Wildman–Crippen MR) is 67.3 cm³/mol. The molecule has 1 atom stereocenters. The topological polar surface area (TPSA) is 38.3 Å². The molecule has 3 nitrogen and oxygen atoms in total. The maximum absolute atomic E-state index is 11.6. The van der Waals surface area contributed by atoms with Gasteiger partial charge in [0.25, 0.3) is 0 Å². The largest absolute Gasteiger partial charge is 0.460 e. The lowest BCUT2D eigenvalue weighted by molar-refractivity contribution is -0.159. The Bertz CT molecular complexity index is 206. The molecule has 0 aromatic heterocycles. The quantitative estimate of drug-likeness (QED) is 0.562. The van der Waals surface area contributed by atoms with Crippen LogP contribution < -0.4 is 5.32 Å². The fraction of sp³-hybridized carbons (Fsp3) is 0.923. The Morgan fingerprint density at radius 1 is 1.25 bits per heavy atom. The van der Waals surface area contributed by atoms with E-state index >= 15 is 0 Å². The average molecular weight is 229 g/mol. The van der Waals surface area contributed by atoms with Gasteiger partial charge in [0.2, 0.25) is 0 Å². The number of hydrogen-bond donors (Lipinski definition) is 1. The van der Waals surface area contributed by atoms with Crippen LogP contribution in [0, 0.1) is 11.8 Å². The molecule has 0 unspecified atom stereocenters. The van der Waals surface area contributed by atoms with E-state index in [-0.39, 0.29) is 17.5 Å². The summed E-state index contributed by atoms with van der Waals surface area (Å²) in [4.78, 5) is 11.6. The summed E-state index contributed by atoms with van der Waals surface area (Å²) in [7, 11) is 0. The van der Waals surface area contributed by atoms with Crippen LogP contribution in [-0.2, 0) is 9.53 Å². The standard InChI is InChI=1S/C13H27NO2/c1-10(2)7-8-14-9-11(3)12(15)16-13(4,5)6/h10-11,14H,7-9H2,1-6H3/t11-/m0/s1. The normalized spacial score (nSPS) is 13.9. The van der Waals surface area contributed by atoms with Crippen LogP contribution in [0.15, 0.2) is 0 Å². The summed E-state index contributed by atoms with van der Waals surface area (Å²) in [6.07, 6.45) is 1.14. The second kappa shape index (κ2) is 6.89. The third-order valence-corrected chi connectivity index (χ3v) is 2.16. The highest BCUT2D eigenvalue weighted by molar-refractivity contribution is 5.72. The van der Waals surface area contributed by atoms with Gasteiger partial charge in [0.15, 0.2) is 0 Å². The smallest absolute Gasteiger partial charge is 0.310 e. The number of carbonyl (C=O) groups is 1. The van der Waals surface area contributed by atoms with E-state index in [2.05, 4.69) is 19.2 Å². The van der Waals surface area contributed by atoms with Gasteiger partial charge in [0, 0.05) is 6.54 Å². The Hall–Kier alpha value is -0.570. The fourth-order valence-corrected chi connectivity index (χ4v) is 1.20. The Morgan fingerprint density at radius 2 is 1.81 bits per heavy atom. The Labute approximate surface area is 99.9 Å². The minimum atomic E-state index is -0.386. The summed E-state index contributed by atoms with van der Waals surface area (Å²) >= 11 is 0. The van der Waals surface area contributed by atoms with Crippen molar-refractivity contribution >= 4 is 5.97 Å². The lowest BCUT2D eigenvalue weighted by Crippen LogP contribution is -2.33. The molecular weight excluding hydrogens is 202 g/mol. The van der Waals surface area contributed by atoms with Gasteiger partial charge in [-0.1, -0.05) is 20.8 Å². The van der Waals surface area contributed by atoms with Crippen molar-refractivity contribution in [2.45, 2.75) is 53.6 Å². The lowest BCUT2D eigenvalue weighted by atomic mass is 10.1. The molecule has 0 spiro atoms. The summed E-state index contributed by atoms with van der Waals surface area (Å²) in [5.41, 5.74) is -0.386. The van der Waals surface area contributed by atoms with Gasteiger partial charge in [-0.2, -0.15) is 0 Å². The maximum atomic E-state index is 11.6. The van der Waals surface area contributed by atoms with Gasteiger partial charge in [0.05, 0.1) is 5.92 Å². The SMILES string of the molecule is CC(C)CCNC[C@H](C)C(=O)OC(C)(C)C. The Morgan fingerprint density at radius 3 is 2.25 bits per heavy atom. The Kier molecular flexibility index (Phi) is 6.65. The molecule has 0 fully saturated rings. The Balaban J connectivity index is 3.72. The van der Waals surface area contributed by atoms with Gasteiger partial charge in [-0.3, -0.25) is 4.79 Å². The van der Waals surface area contributed by atoms with Crippen molar-refractivity contribution in [2.24, 2.45) is 11.8 Å². The first-order chi connectivity index (χ1) is 7.22. The molecule has 96 valence electrons. The molecule has 0 aromatic rings. The average Bonchev–Trinajstić information content (AvgIpc) is 2.08. The molecule has 0 rings (SSSR count). The van der Waals surface area contributed by atoms with Gasteiger partial charge in [-0.25, -0.2) is 0 Å². The van der Waals surface area contributed by atoms with E-state index < -0.39 is 0 Å². The van der Waals surface area contributed by atoms with Crippen molar-refractivity contribution in [3.63, 3.8) is 0 Å². The fourth-order valence-electron chi connectivity index (χ4n) is 1.20. The molecule has 3 heteroatoms. The molecule has 0 aliphatic rings. The monoisotopic (exact) mass is 229 g/mol. The molecule has 0 amide bonds. The molecular formula is C13H27NO2. The van der Waals surface area contributed by atoms with Crippen molar-refractivity contribution in [3.05, 3.63) is 0 Å². The number of ether oxygens (including phenoxy) is 1. The van der Waals surface area contributed by atoms with Crippen LogP contribution in [0.5, 0.6) is 0 Å². The van der Waals surface area contributed by atoms with Crippen molar-refractivity contribution in [3.8, 4) is 0 Å². The number of rotatable bonds is 6.